The van der Waals surface area contributed by atoms with Crippen LogP contribution in [0.1, 0.15) is 105 Å². The average Bonchev–Trinajstić information content (AvgIpc) is 2.58. The van der Waals surface area contributed by atoms with Gasteiger partial charge in [0.2, 0.25) is 0 Å². The fourth-order valence-corrected chi connectivity index (χ4v) is 3.18. The van der Waals surface area contributed by atoms with Gasteiger partial charge in [-0.05, 0) is 37.0 Å². The molecule has 0 radical (unpaired) electrons. The highest BCUT2D eigenvalue weighted by Gasteiger charge is 2.05. The number of unbranched alkanes of at least 4 members (excludes halogenated alkanes) is 11. The fraction of sp³-hybridized carbons (Fsp3) is 0.609. The van der Waals surface area contributed by atoms with Crippen molar-refractivity contribution < 1.29 is 9.90 Å². The Hall–Kier alpha value is -1.57. The molecule has 0 unspecified atom stereocenters. The largest absolute Gasteiger partial charge is 0.478 e. The molecule has 0 aliphatic heterocycles. The average molecular weight is 345 g/mol. The van der Waals surface area contributed by atoms with Gasteiger partial charge in [-0.1, -0.05) is 95.4 Å². The normalized spacial score (nSPS) is 11.3. The monoisotopic (exact) mass is 344 g/mol. The summed E-state index contributed by atoms with van der Waals surface area (Å²) in [6.07, 6.45) is 20.5. The molecule has 1 aromatic carbocycles. The third-order valence-corrected chi connectivity index (χ3v) is 4.77. The lowest BCUT2D eigenvalue weighted by Crippen LogP contribution is -1.99. The third kappa shape index (κ3) is 10.1. The number of carbonyl (C=O) groups is 1. The van der Waals surface area contributed by atoms with E-state index < -0.39 is 5.97 Å². The van der Waals surface area contributed by atoms with E-state index in [0.717, 1.165) is 17.5 Å². The van der Waals surface area contributed by atoms with Crippen molar-refractivity contribution in [3.63, 3.8) is 0 Å². The van der Waals surface area contributed by atoms with Crippen molar-refractivity contribution in [2.75, 3.05) is 0 Å². The molecule has 2 heteroatoms. The Kier molecular flexibility index (Phi) is 11.8. The molecule has 0 atom stereocenters. The van der Waals surface area contributed by atoms with Crippen LogP contribution in [0.2, 0.25) is 0 Å². The lowest BCUT2D eigenvalue weighted by atomic mass is 10.0. The molecule has 0 heterocycles. The third-order valence-electron chi connectivity index (χ3n) is 4.77. The van der Waals surface area contributed by atoms with Crippen LogP contribution >= 0.6 is 0 Å². The molecule has 25 heavy (non-hydrogen) atoms. The van der Waals surface area contributed by atoms with Crippen LogP contribution in [0.15, 0.2) is 24.3 Å². The number of aryl methyl sites for hydroxylation is 1. The summed E-state index contributed by atoms with van der Waals surface area (Å²) in [6, 6.07) is 5.52. The van der Waals surface area contributed by atoms with E-state index in [1.54, 1.807) is 6.07 Å². The maximum absolute atomic E-state index is 11.0. The van der Waals surface area contributed by atoms with Crippen LogP contribution in [0.25, 0.3) is 6.08 Å². The number of allylic oxidation sites excluding steroid dienone is 1. The lowest BCUT2D eigenvalue weighted by molar-refractivity contribution is 0.0696. The van der Waals surface area contributed by atoms with Crippen molar-refractivity contribution in [1.29, 1.82) is 0 Å². The van der Waals surface area contributed by atoms with Crippen molar-refractivity contribution >= 4 is 12.0 Å². The second kappa shape index (κ2) is 13.7. The summed E-state index contributed by atoms with van der Waals surface area (Å²) >= 11 is 0. The second-order valence-electron chi connectivity index (χ2n) is 7.11. The first-order valence-electron chi connectivity index (χ1n) is 10.2. The Bertz CT molecular complexity index is 517. The first-order valence-corrected chi connectivity index (χ1v) is 10.2. The molecule has 0 aliphatic rings. The van der Waals surface area contributed by atoms with E-state index in [9.17, 15) is 4.79 Å². The molecule has 1 N–H and O–H groups in total. The van der Waals surface area contributed by atoms with Crippen molar-refractivity contribution in [2.45, 2.75) is 90.9 Å². The molecule has 1 rings (SSSR count). The van der Waals surface area contributed by atoms with Crippen molar-refractivity contribution in [1.82, 2.24) is 0 Å². The highest BCUT2D eigenvalue weighted by molar-refractivity contribution is 5.89. The van der Waals surface area contributed by atoms with E-state index in [1.807, 2.05) is 19.1 Å². The lowest BCUT2D eigenvalue weighted by Gasteiger charge is -2.02. The molecule has 0 spiro atoms. The van der Waals surface area contributed by atoms with Gasteiger partial charge in [-0.15, -0.1) is 0 Å². The van der Waals surface area contributed by atoms with E-state index in [1.165, 1.54) is 70.6 Å². The maximum atomic E-state index is 11.0. The van der Waals surface area contributed by atoms with Gasteiger partial charge in [0.15, 0.2) is 0 Å². The molecule has 140 valence electrons. The minimum absolute atomic E-state index is 0.391. The molecule has 0 saturated heterocycles. The molecular formula is C23H36O2. The van der Waals surface area contributed by atoms with E-state index in [-0.39, 0.29) is 0 Å². The van der Waals surface area contributed by atoms with Gasteiger partial charge >= 0.3 is 5.97 Å². The molecule has 0 saturated carbocycles. The van der Waals surface area contributed by atoms with Crippen LogP contribution in [0.4, 0.5) is 0 Å². The van der Waals surface area contributed by atoms with E-state index in [0.29, 0.717) is 5.56 Å². The Morgan fingerprint density at radius 3 is 2.00 bits per heavy atom. The quantitative estimate of drug-likeness (QED) is 0.357. The number of benzene rings is 1. The van der Waals surface area contributed by atoms with Crippen LogP contribution in [-0.4, -0.2) is 11.1 Å². The molecular weight excluding hydrogens is 308 g/mol. The van der Waals surface area contributed by atoms with E-state index in [2.05, 4.69) is 19.1 Å². The zero-order valence-corrected chi connectivity index (χ0v) is 16.2. The van der Waals surface area contributed by atoms with Gasteiger partial charge in [-0.25, -0.2) is 4.79 Å². The summed E-state index contributed by atoms with van der Waals surface area (Å²) in [7, 11) is 0. The predicted octanol–water partition coefficient (Wildman–Crippen LogP) is 7.41. The van der Waals surface area contributed by atoms with Gasteiger partial charge in [-0.3, -0.25) is 0 Å². The van der Waals surface area contributed by atoms with Crippen molar-refractivity contribution in [2.24, 2.45) is 0 Å². The van der Waals surface area contributed by atoms with Crippen LogP contribution in [-0.2, 0) is 0 Å². The maximum Gasteiger partial charge on any atom is 0.335 e. The number of aromatic carboxylic acids is 1. The van der Waals surface area contributed by atoms with Gasteiger partial charge in [0, 0.05) is 0 Å². The first-order chi connectivity index (χ1) is 12.1. The highest BCUT2D eigenvalue weighted by atomic mass is 16.4. The van der Waals surface area contributed by atoms with Crippen LogP contribution < -0.4 is 0 Å². The number of carboxylic acid groups (broad SMARTS) is 1. The Balaban J connectivity index is 2.03. The fourth-order valence-electron chi connectivity index (χ4n) is 3.18. The molecule has 0 aliphatic carbocycles. The number of hydrogen-bond donors (Lipinski definition) is 1. The standard InChI is InChI=1S/C23H36O2/c1-3-4-5-6-7-8-9-10-11-12-13-14-15-16-21-17-18-22(23(24)25)20(2)19-21/h15-19H,3-14H2,1-2H3,(H,24,25). The molecule has 0 aromatic heterocycles. The van der Waals surface area contributed by atoms with Crippen molar-refractivity contribution in [3.05, 3.63) is 41.0 Å². The first kappa shape index (κ1) is 21.5. The van der Waals surface area contributed by atoms with Crippen LogP contribution in [0.5, 0.6) is 0 Å². The second-order valence-corrected chi connectivity index (χ2v) is 7.11. The minimum atomic E-state index is -0.853. The molecule has 1 aromatic rings. The highest BCUT2D eigenvalue weighted by Crippen LogP contribution is 2.14. The van der Waals surface area contributed by atoms with Gasteiger partial charge in [0.25, 0.3) is 0 Å². The van der Waals surface area contributed by atoms with Crippen LogP contribution in [0, 0.1) is 6.92 Å². The Morgan fingerprint density at radius 2 is 1.48 bits per heavy atom. The number of hydrogen-bond acceptors (Lipinski definition) is 1. The predicted molar refractivity (Wildman–Crippen MR) is 108 cm³/mol. The number of carboxylic acids is 1. The van der Waals surface area contributed by atoms with E-state index >= 15 is 0 Å². The summed E-state index contributed by atoms with van der Waals surface area (Å²) in [5.41, 5.74) is 2.30. The summed E-state index contributed by atoms with van der Waals surface area (Å²) in [4.78, 5) is 11.0. The van der Waals surface area contributed by atoms with Gasteiger partial charge in [0.1, 0.15) is 0 Å². The Labute approximate surface area is 154 Å². The van der Waals surface area contributed by atoms with E-state index in [4.69, 9.17) is 5.11 Å². The summed E-state index contributed by atoms with van der Waals surface area (Å²) in [5, 5.41) is 9.04. The van der Waals surface area contributed by atoms with Gasteiger partial charge in [-0.2, -0.15) is 0 Å². The molecule has 2 nitrogen and oxygen atoms in total. The summed E-state index contributed by atoms with van der Waals surface area (Å²) < 4.78 is 0. The van der Waals surface area contributed by atoms with Crippen molar-refractivity contribution in [3.8, 4) is 0 Å². The zero-order chi connectivity index (χ0) is 18.3. The topological polar surface area (TPSA) is 37.3 Å². The minimum Gasteiger partial charge on any atom is -0.478 e. The van der Waals surface area contributed by atoms with Gasteiger partial charge in [0.05, 0.1) is 5.56 Å². The summed E-state index contributed by atoms with van der Waals surface area (Å²) in [6.45, 7) is 4.12. The van der Waals surface area contributed by atoms with Gasteiger partial charge < -0.3 is 5.11 Å². The zero-order valence-electron chi connectivity index (χ0n) is 16.2. The Morgan fingerprint density at radius 1 is 0.920 bits per heavy atom. The number of rotatable bonds is 14. The molecule has 0 amide bonds. The summed E-state index contributed by atoms with van der Waals surface area (Å²) in [5.74, 6) is -0.853. The SMILES string of the molecule is CCCCCCCCCCCCCC=Cc1ccc(C(=O)O)c(C)c1. The molecule has 0 fully saturated rings. The smallest absolute Gasteiger partial charge is 0.335 e. The van der Waals surface area contributed by atoms with Crippen LogP contribution in [0.3, 0.4) is 0 Å². The molecule has 0 bridgehead atoms.